The first-order valence-corrected chi connectivity index (χ1v) is 28.1. The predicted octanol–water partition coefficient (Wildman–Crippen LogP) is 2.20. The van der Waals surface area contributed by atoms with Gasteiger partial charge in [-0.25, -0.2) is 0 Å². The average molecular weight is 1130 g/mol. The van der Waals surface area contributed by atoms with Crippen molar-refractivity contribution < 1.29 is 57.8 Å². The molecular formula is C58H98N10O12. The minimum atomic E-state index is -1.61. The van der Waals surface area contributed by atoms with E-state index in [-0.39, 0.29) is 44.1 Å². The number of nitrogens with zero attached hydrogens (tertiary/aromatic N) is 6. The number of hydrogen-bond acceptors (Lipinski definition) is 12. The van der Waals surface area contributed by atoms with E-state index in [0.29, 0.717) is 12.0 Å². The maximum Gasteiger partial charge on any atom is 0.248 e. The highest BCUT2D eigenvalue weighted by Crippen LogP contribution is 2.21. The topological polar surface area (TPSA) is 268 Å². The molecule has 2 rings (SSSR count). The molecule has 10 amide bonds. The van der Waals surface area contributed by atoms with Crippen molar-refractivity contribution in [1.82, 2.24) is 50.7 Å². The molecule has 1 heterocycles. The molecule has 0 spiro atoms. The molecule has 1 aliphatic rings. The Hall–Kier alpha value is -6.16. The van der Waals surface area contributed by atoms with E-state index in [1.165, 1.54) is 80.6 Å². The lowest BCUT2D eigenvalue weighted by molar-refractivity contribution is -0.149. The predicted molar refractivity (Wildman–Crippen MR) is 305 cm³/mol. The van der Waals surface area contributed by atoms with Crippen LogP contribution in [0, 0.1) is 23.7 Å². The molecule has 452 valence electrons. The Kier molecular flexibility index (Phi) is 27.2. The number of carbonyl (C=O) groups is 10. The number of ether oxygens (including phenoxy) is 1. The lowest BCUT2D eigenvalue weighted by Crippen LogP contribution is -2.62. The number of aliphatic hydroxyl groups is 1. The SMILES string of the molecule is CC[C@H](C)[C@H]1C(=O)N[C@@H](COC(C)(C)C)C(=O)N(C)[C@@H](C(C)C)C(=O)N[C@@H](C)CC(=O)N(C)[C@@H](C)C(=O)N(C)[C@@H](Cc2ccccc2)C(=O)N[C@@H](CC(C)C)C(=O)N(C)[C@@H](CC(C)C)C(=O)N[C@@H]([C@@H](C)O)C(=O)N(C)CC(=O)N1C. The molecule has 0 saturated carbocycles. The zero-order valence-corrected chi connectivity index (χ0v) is 51.5. The second-order valence-electron chi connectivity index (χ2n) is 24.1. The number of likely N-dealkylation sites (N-methyl/N-ethyl adjacent to an activating group) is 6. The molecule has 1 fully saturated rings. The van der Waals surface area contributed by atoms with E-state index in [1.807, 2.05) is 34.6 Å². The summed E-state index contributed by atoms with van der Waals surface area (Å²) in [7, 11) is 8.42. The van der Waals surface area contributed by atoms with Crippen LogP contribution in [0.15, 0.2) is 30.3 Å². The van der Waals surface area contributed by atoms with Crippen molar-refractivity contribution in [2.75, 3.05) is 55.4 Å². The van der Waals surface area contributed by atoms with Gasteiger partial charge in [-0.3, -0.25) is 47.9 Å². The summed E-state index contributed by atoms with van der Waals surface area (Å²) in [4.78, 5) is 151. The van der Waals surface area contributed by atoms with Gasteiger partial charge in [0, 0.05) is 61.2 Å². The number of amides is 10. The molecule has 1 aromatic rings. The van der Waals surface area contributed by atoms with Crippen LogP contribution in [-0.4, -0.2) is 215 Å². The van der Waals surface area contributed by atoms with Gasteiger partial charge in [-0.15, -0.1) is 0 Å². The van der Waals surface area contributed by atoms with Crippen molar-refractivity contribution in [3.8, 4) is 0 Å². The molecule has 1 saturated heterocycles. The summed E-state index contributed by atoms with van der Waals surface area (Å²) in [5.74, 6) is -8.05. The summed E-state index contributed by atoms with van der Waals surface area (Å²) in [5, 5.41) is 22.2. The highest BCUT2D eigenvalue weighted by Gasteiger charge is 2.42. The molecule has 0 aromatic heterocycles. The Morgan fingerprint density at radius 2 is 1.10 bits per heavy atom. The molecule has 80 heavy (non-hydrogen) atoms. The molecule has 0 radical (unpaired) electrons. The van der Waals surface area contributed by atoms with E-state index in [4.69, 9.17) is 4.74 Å². The molecule has 1 aliphatic heterocycles. The van der Waals surface area contributed by atoms with Gasteiger partial charge in [0.05, 0.1) is 24.9 Å². The largest absolute Gasteiger partial charge is 0.391 e. The van der Waals surface area contributed by atoms with Crippen LogP contribution in [0.3, 0.4) is 0 Å². The third-order valence-electron chi connectivity index (χ3n) is 14.7. The van der Waals surface area contributed by atoms with Crippen molar-refractivity contribution >= 4 is 59.1 Å². The maximum atomic E-state index is 14.8. The number of carbonyl (C=O) groups excluding carboxylic acids is 10. The van der Waals surface area contributed by atoms with Gasteiger partial charge >= 0.3 is 0 Å². The molecule has 0 aliphatic carbocycles. The van der Waals surface area contributed by atoms with Crippen molar-refractivity contribution in [1.29, 1.82) is 0 Å². The van der Waals surface area contributed by atoms with Crippen molar-refractivity contribution in [2.24, 2.45) is 23.7 Å². The summed E-state index contributed by atoms with van der Waals surface area (Å²) in [6.45, 7) is 23.3. The smallest absolute Gasteiger partial charge is 0.248 e. The summed E-state index contributed by atoms with van der Waals surface area (Å²) in [6.07, 6.45) is -1.10. The Bertz CT molecular complexity index is 2290. The van der Waals surface area contributed by atoms with Crippen LogP contribution in [0.1, 0.15) is 128 Å². The molecule has 1 aromatic carbocycles. The Labute approximate surface area is 476 Å². The summed E-state index contributed by atoms with van der Waals surface area (Å²) >= 11 is 0. The number of nitrogens with one attached hydrogen (secondary N) is 4. The van der Waals surface area contributed by atoms with Gasteiger partial charge in [-0.2, -0.15) is 0 Å². The van der Waals surface area contributed by atoms with Crippen LogP contribution in [0.4, 0.5) is 0 Å². The number of hydrogen-bond donors (Lipinski definition) is 5. The van der Waals surface area contributed by atoms with Gasteiger partial charge < -0.3 is 60.5 Å². The molecule has 0 unspecified atom stereocenters. The van der Waals surface area contributed by atoms with Gasteiger partial charge in [-0.05, 0) is 83.6 Å². The van der Waals surface area contributed by atoms with Crippen molar-refractivity contribution in [2.45, 2.75) is 195 Å². The fourth-order valence-corrected chi connectivity index (χ4v) is 9.64. The first-order valence-electron chi connectivity index (χ1n) is 28.1. The van der Waals surface area contributed by atoms with Gasteiger partial charge in [0.2, 0.25) is 59.1 Å². The van der Waals surface area contributed by atoms with Crippen LogP contribution < -0.4 is 21.3 Å². The second-order valence-corrected chi connectivity index (χ2v) is 24.1. The third-order valence-corrected chi connectivity index (χ3v) is 14.7. The fraction of sp³-hybridized carbons (Fsp3) is 0.724. The van der Waals surface area contributed by atoms with E-state index in [9.17, 15) is 53.1 Å². The van der Waals surface area contributed by atoms with Crippen LogP contribution in [0.25, 0.3) is 0 Å². The first-order chi connectivity index (χ1) is 37.0. The quantitative estimate of drug-likeness (QED) is 0.202. The zero-order chi connectivity index (χ0) is 61.4. The zero-order valence-electron chi connectivity index (χ0n) is 51.5. The van der Waals surface area contributed by atoms with Gasteiger partial charge in [0.25, 0.3) is 0 Å². The van der Waals surface area contributed by atoms with Crippen LogP contribution in [-0.2, 0) is 59.1 Å². The standard InChI is InChI=1S/C58H98N10O12/c1-21-36(8)49-53(75)61-42(32-80-58(12,13)14)56(78)68(20)48(35(6)7)52(74)59-37(9)29-45(70)64(16)38(10)54(76)65(17)44(30-40-25-23-22-24-26-40)50(72)60-41(27-33(2)3)55(77)66(18)43(28-34(4)5)51(73)62-47(39(11)69)57(79)63(15)31-46(71)67(49)19/h22-26,33-39,41-44,47-49,69H,21,27-32H2,1-20H3,(H,59,74)(H,60,72)(H,61,75)(H,62,73)/t36-,37-,38-,39+,41-,42-,43-,44-,47-,48-,49-/m0/s1. The Morgan fingerprint density at radius 3 is 1.61 bits per heavy atom. The summed E-state index contributed by atoms with van der Waals surface area (Å²) in [6, 6.07) is -1.88. The monoisotopic (exact) mass is 1130 g/mol. The van der Waals surface area contributed by atoms with E-state index in [0.717, 1.165) is 4.90 Å². The normalized spacial score (nSPS) is 26.4. The van der Waals surface area contributed by atoms with Crippen LogP contribution in [0.5, 0.6) is 0 Å². The summed E-state index contributed by atoms with van der Waals surface area (Å²) in [5.41, 5.74) is -0.0802. The first kappa shape index (κ1) is 69.9. The fourth-order valence-electron chi connectivity index (χ4n) is 9.64. The Balaban J connectivity index is 2.89. The molecule has 0 bridgehead atoms. The van der Waals surface area contributed by atoms with Gasteiger partial charge in [-0.1, -0.05) is 92.1 Å². The van der Waals surface area contributed by atoms with Crippen molar-refractivity contribution in [3.63, 3.8) is 0 Å². The number of aliphatic hydroxyl groups excluding tert-OH is 1. The van der Waals surface area contributed by atoms with Gasteiger partial charge in [0.15, 0.2) is 0 Å². The van der Waals surface area contributed by atoms with Crippen LogP contribution >= 0.6 is 0 Å². The molecule has 22 nitrogen and oxygen atoms in total. The molecule has 22 heteroatoms. The van der Waals surface area contributed by atoms with Crippen molar-refractivity contribution in [3.05, 3.63) is 35.9 Å². The minimum Gasteiger partial charge on any atom is -0.391 e. The minimum absolute atomic E-state index is 0.0212. The number of benzene rings is 1. The summed E-state index contributed by atoms with van der Waals surface area (Å²) < 4.78 is 6.05. The van der Waals surface area contributed by atoms with E-state index in [2.05, 4.69) is 21.3 Å². The molecular weight excluding hydrogens is 1030 g/mol. The second kappa shape index (κ2) is 31.2. The highest BCUT2D eigenvalue weighted by molar-refractivity contribution is 5.98. The third kappa shape index (κ3) is 20.1. The van der Waals surface area contributed by atoms with E-state index >= 15 is 0 Å². The highest BCUT2D eigenvalue weighted by atomic mass is 16.5. The molecule has 5 N–H and O–H groups in total. The number of rotatable bonds is 12. The Morgan fingerprint density at radius 1 is 0.588 bits per heavy atom. The van der Waals surface area contributed by atoms with Crippen LogP contribution in [0.2, 0.25) is 0 Å². The average Bonchev–Trinajstić information content (AvgIpc) is 3.36. The van der Waals surface area contributed by atoms with E-state index < -0.39 is 144 Å². The maximum absolute atomic E-state index is 14.8. The lowest BCUT2D eigenvalue weighted by atomic mass is 9.96. The van der Waals surface area contributed by atoms with Gasteiger partial charge in [0.1, 0.15) is 48.3 Å². The van der Waals surface area contributed by atoms with E-state index in [1.54, 1.807) is 78.8 Å². The molecule has 11 atom stereocenters. The lowest BCUT2D eigenvalue weighted by Gasteiger charge is -2.37.